The van der Waals surface area contributed by atoms with Gasteiger partial charge in [0.15, 0.2) is 0 Å². The number of hydrogen-bond donors (Lipinski definition) is 1. The number of anilines is 1. The molecule has 2 rings (SSSR count). The van der Waals surface area contributed by atoms with Crippen LogP contribution >= 0.6 is 0 Å². The Labute approximate surface area is 134 Å². The van der Waals surface area contributed by atoms with E-state index in [1.807, 2.05) is 12.1 Å². The molecule has 0 spiro atoms. The van der Waals surface area contributed by atoms with Crippen molar-refractivity contribution >= 4 is 11.7 Å². The second-order valence-electron chi connectivity index (χ2n) is 6.12. The summed E-state index contributed by atoms with van der Waals surface area (Å²) in [6.07, 6.45) is 9.84. The molecule has 1 N–H and O–H groups in total. The molecule has 1 aromatic rings. The third-order valence-corrected chi connectivity index (χ3v) is 4.45. The first-order chi connectivity index (χ1) is 10.8. The fourth-order valence-corrected chi connectivity index (χ4v) is 3.11. The quantitative estimate of drug-likeness (QED) is 0.772. The van der Waals surface area contributed by atoms with E-state index in [4.69, 9.17) is 0 Å². The van der Waals surface area contributed by atoms with E-state index in [0.717, 1.165) is 50.2 Å². The molecule has 0 saturated carbocycles. The van der Waals surface area contributed by atoms with Crippen molar-refractivity contribution in [1.29, 1.82) is 0 Å². The first-order valence-corrected chi connectivity index (χ1v) is 8.77. The maximum atomic E-state index is 12.8. The molecule has 0 radical (unpaired) electrons. The highest BCUT2D eigenvalue weighted by Gasteiger charge is 2.26. The molecule has 1 aliphatic rings. The molecule has 1 aliphatic heterocycles. The summed E-state index contributed by atoms with van der Waals surface area (Å²) in [4.78, 5) is 19.1. The summed E-state index contributed by atoms with van der Waals surface area (Å²) in [5, 5.41) is 3.32. The van der Waals surface area contributed by atoms with Crippen LogP contribution in [0.2, 0.25) is 0 Å². The van der Waals surface area contributed by atoms with Gasteiger partial charge in [-0.3, -0.25) is 4.79 Å². The number of rotatable bonds is 7. The molecule has 4 heteroatoms. The summed E-state index contributed by atoms with van der Waals surface area (Å²) in [5.74, 6) is 0.970. The number of aromatic nitrogens is 1. The number of carbonyl (C=O) groups is 1. The summed E-state index contributed by atoms with van der Waals surface area (Å²) in [6.45, 7) is 6.17. The lowest BCUT2D eigenvalue weighted by atomic mass is 9.99. The van der Waals surface area contributed by atoms with Crippen LogP contribution in [0.1, 0.15) is 69.2 Å². The molecule has 1 amide bonds. The Morgan fingerprint density at radius 3 is 3.00 bits per heavy atom. The van der Waals surface area contributed by atoms with Crippen LogP contribution in [0.3, 0.4) is 0 Å². The van der Waals surface area contributed by atoms with Crippen molar-refractivity contribution in [3.63, 3.8) is 0 Å². The molecule has 22 heavy (non-hydrogen) atoms. The van der Waals surface area contributed by atoms with Crippen LogP contribution in [0, 0.1) is 0 Å². The Kier molecular flexibility index (Phi) is 6.69. The van der Waals surface area contributed by atoms with E-state index in [-0.39, 0.29) is 5.91 Å². The Hall–Kier alpha value is -1.58. The maximum Gasteiger partial charge on any atom is 0.254 e. The highest BCUT2D eigenvalue weighted by Crippen LogP contribution is 2.22. The van der Waals surface area contributed by atoms with Gasteiger partial charge in [0, 0.05) is 30.9 Å². The zero-order chi connectivity index (χ0) is 15.8. The SMILES string of the molecule is CCCCCNc1cc(C(=O)N2CCCCC2CC)ccn1. The van der Waals surface area contributed by atoms with Gasteiger partial charge in [0.2, 0.25) is 0 Å². The smallest absolute Gasteiger partial charge is 0.254 e. The van der Waals surface area contributed by atoms with E-state index < -0.39 is 0 Å². The summed E-state index contributed by atoms with van der Waals surface area (Å²) >= 11 is 0. The van der Waals surface area contributed by atoms with Gasteiger partial charge < -0.3 is 10.2 Å². The van der Waals surface area contributed by atoms with Gasteiger partial charge in [0.25, 0.3) is 5.91 Å². The predicted octanol–water partition coefficient (Wildman–Crippen LogP) is 4.09. The predicted molar refractivity (Wildman–Crippen MR) is 91.2 cm³/mol. The Morgan fingerprint density at radius 1 is 1.36 bits per heavy atom. The van der Waals surface area contributed by atoms with Gasteiger partial charge in [-0.1, -0.05) is 26.7 Å². The second-order valence-corrected chi connectivity index (χ2v) is 6.12. The molecule has 2 heterocycles. The standard InChI is InChI=1S/C18H29N3O/c1-3-5-7-11-19-17-14-15(10-12-20-17)18(22)21-13-8-6-9-16(21)4-2/h10,12,14,16H,3-9,11,13H2,1-2H3,(H,19,20). The van der Waals surface area contributed by atoms with Crippen molar-refractivity contribution in [1.82, 2.24) is 9.88 Å². The van der Waals surface area contributed by atoms with E-state index in [9.17, 15) is 4.79 Å². The van der Waals surface area contributed by atoms with Crippen molar-refractivity contribution in [3.8, 4) is 0 Å². The minimum atomic E-state index is 0.158. The molecule has 1 fully saturated rings. The van der Waals surface area contributed by atoms with Crippen LogP contribution in [0.25, 0.3) is 0 Å². The summed E-state index contributed by atoms with van der Waals surface area (Å²) < 4.78 is 0. The average Bonchev–Trinajstić information content (AvgIpc) is 2.58. The number of piperidine rings is 1. The van der Waals surface area contributed by atoms with E-state index in [2.05, 4.69) is 29.0 Å². The van der Waals surface area contributed by atoms with Crippen LogP contribution in [-0.4, -0.2) is 34.9 Å². The topological polar surface area (TPSA) is 45.2 Å². The second kappa shape index (κ2) is 8.76. The lowest BCUT2D eigenvalue weighted by Gasteiger charge is -2.35. The van der Waals surface area contributed by atoms with Crippen molar-refractivity contribution in [2.75, 3.05) is 18.4 Å². The zero-order valence-corrected chi connectivity index (χ0v) is 14.0. The van der Waals surface area contributed by atoms with E-state index >= 15 is 0 Å². The number of unbranched alkanes of at least 4 members (excludes halogenated alkanes) is 2. The average molecular weight is 303 g/mol. The Balaban J connectivity index is 1.99. The van der Waals surface area contributed by atoms with Crippen LogP contribution in [0.15, 0.2) is 18.3 Å². The Morgan fingerprint density at radius 2 is 2.23 bits per heavy atom. The number of hydrogen-bond acceptors (Lipinski definition) is 3. The third kappa shape index (κ3) is 4.46. The fraction of sp³-hybridized carbons (Fsp3) is 0.667. The number of nitrogens with zero attached hydrogens (tertiary/aromatic N) is 2. The van der Waals surface area contributed by atoms with Gasteiger partial charge in [0.1, 0.15) is 5.82 Å². The highest BCUT2D eigenvalue weighted by atomic mass is 16.2. The molecule has 1 unspecified atom stereocenters. The van der Waals surface area contributed by atoms with Crippen molar-refractivity contribution in [2.45, 2.75) is 64.8 Å². The molecule has 4 nitrogen and oxygen atoms in total. The van der Waals surface area contributed by atoms with Crippen molar-refractivity contribution in [2.24, 2.45) is 0 Å². The summed E-state index contributed by atoms with van der Waals surface area (Å²) in [5.41, 5.74) is 0.758. The van der Waals surface area contributed by atoms with Gasteiger partial charge in [-0.2, -0.15) is 0 Å². The van der Waals surface area contributed by atoms with Gasteiger partial charge in [-0.15, -0.1) is 0 Å². The van der Waals surface area contributed by atoms with Crippen LogP contribution in [0.5, 0.6) is 0 Å². The first-order valence-electron chi connectivity index (χ1n) is 8.77. The molecular weight excluding hydrogens is 274 g/mol. The van der Waals surface area contributed by atoms with E-state index in [1.165, 1.54) is 19.3 Å². The molecule has 1 atom stereocenters. The largest absolute Gasteiger partial charge is 0.370 e. The minimum Gasteiger partial charge on any atom is -0.370 e. The minimum absolute atomic E-state index is 0.158. The third-order valence-electron chi connectivity index (χ3n) is 4.45. The van der Waals surface area contributed by atoms with Gasteiger partial charge in [0.05, 0.1) is 0 Å². The monoisotopic (exact) mass is 303 g/mol. The number of nitrogens with one attached hydrogen (secondary N) is 1. The first kappa shape index (κ1) is 16.8. The van der Waals surface area contributed by atoms with Crippen LogP contribution in [0.4, 0.5) is 5.82 Å². The number of carbonyl (C=O) groups excluding carboxylic acids is 1. The van der Waals surface area contributed by atoms with Crippen LogP contribution < -0.4 is 5.32 Å². The van der Waals surface area contributed by atoms with Gasteiger partial charge >= 0.3 is 0 Å². The lowest BCUT2D eigenvalue weighted by Crippen LogP contribution is -2.43. The normalized spacial score (nSPS) is 18.3. The molecule has 0 bridgehead atoms. The summed E-state index contributed by atoms with van der Waals surface area (Å²) in [6, 6.07) is 4.13. The lowest BCUT2D eigenvalue weighted by molar-refractivity contribution is 0.0608. The molecule has 0 aliphatic carbocycles. The number of amides is 1. The molecule has 1 aromatic heterocycles. The van der Waals surface area contributed by atoms with Crippen molar-refractivity contribution in [3.05, 3.63) is 23.9 Å². The van der Waals surface area contributed by atoms with E-state index in [0.29, 0.717) is 6.04 Å². The molecule has 122 valence electrons. The van der Waals surface area contributed by atoms with Crippen molar-refractivity contribution < 1.29 is 4.79 Å². The van der Waals surface area contributed by atoms with Gasteiger partial charge in [-0.05, 0) is 44.2 Å². The number of likely N-dealkylation sites (tertiary alicyclic amines) is 1. The fourth-order valence-electron chi connectivity index (χ4n) is 3.11. The van der Waals surface area contributed by atoms with E-state index in [1.54, 1.807) is 6.20 Å². The summed E-state index contributed by atoms with van der Waals surface area (Å²) in [7, 11) is 0. The highest BCUT2D eigenvalue weighted by molar-refractivity contribution is 5.95. The van der Waals surface area contributed by atoms with Crippen LogP contribution in [-0.2, 0) is 0 Å². The maximum absolute atomic E-state index is 12.8. The number of pyridine rings is 1. The zero-order valence-electron chi connectivity index (χ0n) is 14.0. The molecule has 1 saturated heterocycles. The molecule has 0 aromatic carbocycles. The Bertz CT molecular complexity index is 475. The van der Waals surface area contributed by atoms with Gasteiger partial charge in [-0.25, -0.2) is 4.98 Å². The molecular formula is C18H29N3O.